The van der Waals surface area contributed by atoms with Gasteiger partial charge in [-0.25, -0.2) is 0 Å². The van der Waals surface area contributed by atoms with Gasteiger partial charge in [-0.15, -0.1) is 0 Å². The average molecular weight is 924 g/mol. The largest absolute Gasteiger partial charge is 0.309 e. The summed E-state index contributed by atoms with van der Waals surface area (Å²) in [6.45, 7) is 32.3. The van der Waals surface area contributed by atoms with E-state index in [0.29, 0.717) is 0 Å². The Kier molecular flexibility index (Phi) is 9.56. The third kappa shape index (κ3) is 6.93. The molecule has 0 amide bonds. The number of aryl methyl sites for hydroxylation is 2. The van der Waals surface area contributed by atoms with Gasteiger partial charge >= 0.3 is 0 Å². The maximum Gasteiger partial charge on any atom is 0.0561 e. The van der Waals surface area contributed by atoms with Crippen molar-refractivity contribution in [2.75, 3.05) is 0 Å². The van der Waals surface area contributed by atoms with Crippen molar-refractivity contribution < 1.29 is 0 Å². The SMILES string of the molecule is Cc1c2c#cccc2c(C)c2ccc(-n3c4cc(-n5c6ccc(C(C)(C)C)cc6c6cc(C(C)(C)C)ccc65)ccc4c4ccc(-n5c6ccc(C(C)(C)C)cc6c6cc(C(C)(C)C)ccc65)cc43)cc12. The first-order valence-electron chi connectivity index (χ1n) is 25.6. The van der Waals surface area contributed by atoms with Crippen LogP contribution in [0.1, 0.15) is 116 Å². The molecular weight excluding hydrogens is 859 g/mol. The van der Waals surface area contributed by atoms with Crippen LogP contribution in [0.4, 0.5) is 0 Å². The monoisotopic (exact) mass is 924 g/mol. The van der Waals surface area contributed by atoms with Gasteiger partial charge in [0.15, 0.2) is 0 Å². The van der Waals surface area contributed by atoms with Crippen LogP contribution in [-0.2, 0) is 21.7 Å². The first-order chi connectivity index (χ1) is 33.6. The van der Waals surface area contributed by atoms with Crippen molar-refractivity contribution in [1.29, 1.82) is 0 Å². The number of rotatable bonds is 3. The quantitative estimate of drug-likeness (QED) is 0.168. The molecule has 12 aromatic rings. The van der Waals surface area contributed by atoms with Gasteiger partial charge in [0.05, 0.1) is 33.1 Å². The van der Waals surface area contributed by atoms with Crippen LogP contribution in [0.15, 0.2) is 140 Å². The zero-order valence-corrected chi connectivity index (χ0v) is 44.1. The van der Waals surface area contributed by atoms with Crippen molar-refractivity contribution in [3.63, 3.8) is 0 Å². The van der Waals surface area contributed by atoms with E-state index in [1.165, 1.54) is 115 Å². The van der Waals surface area contributed by atoms with E-state index in [4.69, 9.17) is 0 Å². The fraction of sp³-hybridized carbons (Fsp3) is 0.265. The molecule has 0 radical (unpaired) electrons. The van der Waals surface area contributed by atoms with Gasteiger partial charge in [0.1, 0.15) is 0 Å². The number of fused-ring (bicyclic) bond motifs is 11. The minimum absolute atomic E-state index is 0.0201. The molecule has 0 saturated heterocycles. The molecule has 352 valence electrons. The minimum Gasteiger partial charge on any atom is -0.309 e. The van der Waals surface area contributed by atoms with Crippen LogP contribution in [0.5, 0.6) is 0 Å². The van der Waals surface area contributed by atoms with Gasteiger partial charge in [0.25, 0.3) is 0 Å². The van der Waals surface area contributed by atoms with Crippen LogP contribution in [0.2, 0.25) is 0 Å². The summed E-state index contributed by atoms with van der Waals surface area (Å²) in [6.07, 6.45) is 0. The summed E-state index contributed by atoms with van der Waals surface area (Å²) in [5.41, 5.74) is 18.6. The fourth-order valence-corrected chi connectivity index (χ4v) is 11.6. The predicted octanol–water partition coefficient (Wildman–Crippen LogP) is 18.7. The van der Waals surface area contributed by atoms with Gasteiger partial charge in [0.2, 0.25) is 0 Å². The Labute approximate surface area is 419 Å². The summed E-state index contributed by atoms with van der Waals surface area (Å²) < 4.78 is 7.53. The highest BCUT2D eigenvalue weighted by molar-refractivity contribution is 6.14. The lowest BCUT2D eigenvalue weighted by Gasteiger charge is -2.19. The molecule has 0 unspecified atom stereocenters. The zero-order valence-electron chi connectivity index (χ0n) is 44.1. The normalized spacial score (nSPS) is 13.1. The van der Waals surface area contributed by atoms with Gasteiger partial charge in [-0.2, -0.15) is 0 Å². The number of aromatic nitrogens is 3. The highest BCUT2D eigenvalue weighted by Gasteiger charge is 2.25. The molecule has 3 aromatic heterocycles. The van der Waals surface area contributed by atoms with Crippen LogP contribution in [0.25, 0.3) is 104 Å². The first kappa shape index (κ1) is 44.9. The second-order valence-corrected chi connectivity index (χ2v) is 24.7. The van der Waals surface area contributed by atoms with Crippen LogP contribution in [-0.4, -0.2) is 13.7 Å². The van der Waals surface area contributed by atoms with E-state index in [1.807, 2.05) is 6.07 Å². The maximum absolute atomic E-state index is 3.48. The van der Waals surface area contributed by atoms with Gasteiger partial charge in [-0.1, -0.05) is 138 Å². The van der Waals surface area contributed by atoms with Gasteiger partial charge in [-0.05, 0) is 182 Å². The van der Waals surface area contributed by atoms with Crippen molar-refractivity contribution >= 4 is 87.0 Å². The minimum atomic E-state index is 0.0201. The summed E-state index contributed by atoms with van der Waals surface area (Å²) in [7, 11) is 0. The molecule has 0 aliphatic carbocycles. The second-order valence-electron chi connectivity index (χ2n) is 24.7. The summed E-state index contributed by atoms with van der Waals surface area (Å²) in [5.74, 6) is 0. The average Bonchev–Trinajstić information content (AvgIpc) is 3.95. The molecule has 3 heteroatoms. The Morgan fingerprint density at radius 2 is 0.648 bits per heavy atom. The van der Waals surface area contributed by atoms with E-state index < -0.39 is 0 Å². The zero-order chi connectivity index (χ0) is 49.8. The van der Waals surface area contributed by atoms with E-state index in [0.717, 1.165) is 22.4 Å². The first-order valence-corrected chi connectivity index (χ1v) is 25.6. The van der Waals surface area contributed by atoms with E-state index >= 15 is 0 Å². The Bertz CT molecular complexity index is 3860. The number of hydrogen-bond donors (Lipinski definition) is 0. The van der Waals surface area contributed by atoms with Crippen molar-refractivity contribution in [3.05, 3.63) is 185 Å². The standard InChI is InChI=1S/C68H65N3/c1-40-49-17-15-16-18-50(49)41(2)54-37-46(23-26-51(40)54)71-63-38-47(69-59-29-19-42(65(3,4)5)33-55(59)56-34-43(66(6,7)8)20-30-60(56)69)24-27-52(63)53-28-25-48(39-64(53)71)70-61-31-21-44(67(9,10)11)35-57(61)58-36-45(68(12,13)14)22-32-62(58)70/h15,17,19-39H,1-14H3. The molecule has 0 aliphatic heterocycles. The molecule has 0 N–H and O–H groups in total. The lowest BCUT2D eigenvalue weighted by Crippen LogP contribution is -2.10. The Balaban J connectivity index is 1.17. The van der Waals surface area contributed by atoms with Crippen molar-refractivity contribution in [2.45, 2.75) is 119 Å². The molecule has 3 heterocycles. The highest BCUT2D eigenvalue weighted by atomic mass is 15.0. The molecule has 0 saturated carbocycles. The van der Waals surface area contributed by atoms with Crippen molar-refractivity contribution in [2.24, 2.45) is 0 Å². The summed E-state index contributed by atoms with van der Waals surface area (Å²) in [6, 6.07) is 60.8. The van der Waals surface area contributed by atoms with Crippen molar-refractivity contribution in [1.82, 2.24) is 13.7 Å². The highest BCUT2D eigenvalue weighted by Crippen LogP contribution is 2.43. The Morgan fingerprint density at radius 1 is 0.296 bits per heavy atom. The summed E-state index contributed by atoms with van der Waals surface area (Å²) >= 11 is 0. The topological polar surface area (TPSA) is 14.8 Å². The third-order valence-corrected chi connectivity index (χ3v) is 15.9. The van der Waals surface area contributed by atoms with Crippen LogP contribution in [0.3, 0.4) is 0 Å². The van der Waals surface area contributed by atoms with Crippen LogP contribution in [0, 0.1) is 26.0 Å². The molecule has 71 heavy (non-hydrogen) atoms. The predicted molar refractivity (Wildman–Crippen MR) is 306 cm³/mol. The molecule has 0 fully saturated rings. The fourth-order valence-electron chi connectivity index (χ4n) is 11.6. The van der Waals surface area contributed by atoms with E-state index in [-0.39, 0.29) is 21.7 Å². The lowest BCUT2D eigenvalue weighted by molar-refractivity contribution is 0.590. The molecule has 12 rings (SSSR count). The molecule has 9 aromatic carbocycles. The maximum atomic E-state index is 3.48. The van der Waals surface area contributed by atoms with E-state index in [1.54, 1.807) is 0 Å². The van der Waals surface area contributed by atoms with Crippen LogP contribution < -0.4 is 0 Å². The van der Waals surface area contributed by atoms with Gasteiger partial charge < -0.3 is 13.7 Å². The smallest absolute Gasteiger partial charge is 0.0561 e. The molecule has 0 bridgehead atoms. The Hall–Kier alpha value is -7.28. The third-order valence-electron chi connectivity index (χ3n) is 15.9. The van der Waals surface area contributed by atoms with Gasteiger partial charge in [0, 0.05) is 54.8 Å². The van der Waals surface area contributed by atoms with Crippen LogP contribution >= 0.6 is 0 Å². The molecule has 0 aliphatic rings. The molecular formula is C68H65N3. The molecule has 0 spiro atoms. The number of hydrogen-bond acceptors (Lipinski definition) is 0. The summed E-state index contributed by atoms with van der Waals surface area (Å²) in [5, 5.41) is 12.5. The molecule has 3 nitrogen and oxygen atoms in total. The van der Waals surface area contributed by atoms with Crippen molar-refractivity contribution in [3.8, 4) is 17.1 Å². The van der Waals surface area contributed by atoms with E-state index in [9.17, 15) is 0 Å². The second kappa shape index (κ2) is 15.1. The number of benzene rings is 8. The van der Waals surface area contributed by atoms with E-state index in [2.05, 4.69) is 256 Å². The number of nitrogens with zero attached hydrogens (tertiary/aromatic N) is 3. The van der Waals surface area contributed by atoms with Gasteiger partial charge in [-0.3, -0.25) is 0 Å². The molecule has 0 atom stereocenters. The Morgan fingerprint density at radius 3 is 1.03 bits per heavy atom. The lowest BCUT2D eigenvalue weighted by atomic mass is 9.85. The summed E-state index contributed by atoms with van der Waals surface area (Å²) in [4.78, 5) is 0.